The number of nitrogens with one attached hydrogen (secondary N) is 1. The van der Waals surface area contributed by atoms with Crippen LogP contribution in [-0.2, 0) is 0 Å². The molecule has 0 bridgehead atoms. The highest BCUT2D eigenvalue weighted by Crippen LogP contribution is 2.36. The third-order valence-electron chi connectivity index (χ3n) is 2.40. The first-order chi connectivity index (χ1) is 9.51. The van der Waals surface area contributed by atoms with Gasteiger partial charge >= 0.3 is 5.69 Å². The first-order valence-electron chi connectivity index (χ1n) is 5.47. The van der Waals surface area contributed by atoms with Gasteiger partial charge in [0.1, 0.15) is 5.82 Å². The van der Waals surface area contributed by atoms with Crippen molar-refractivity contribution in [3.63, 3.8) is 0 Å². The number of anilines is 1. The molecule has 0 saturated heterocycles. The Labute approximate surface area is 129 Å². The van der Waals surface area contributed by atoms with Crippen molar-refractivity contribution >= 4 is 46.5 Å². The van der Waals surface area contributed by atoms with Gasteiger partial charge in [-0.15, -0.1) is 0 Å². The van der Waals surface area contributed by atoms with Crippen molar-refractivity contribution in [2.75, 3.05) is 12.4 Å². The molecule has 2 rings (SSSR count). The van der Waals surface area contributed by atoms with Crippen molar-refractivity contribution in [3.8, 4) is 0 Å². The van der Waals surface area contributed by atoms with E-state index in [1.807, 2.05) is 0 Å². The van der Waals surface area contributed by atoms with Gasteiger partial charge in [0, 0.05) is 18.0 Å². The average Bonchev–Trinajstić information content (AvgIpc) is 2.42. The number of halogens is 2. The van der Waals surface area contributed by atoms with Gasteiger partial charge in [-0.2, -0.15) is 0 Å². The summed E-state index contributed by atoms with van der Waals surface area (Å²) in [7, 11) is 1.70. The molecule has 0 unspecified atom stereocenters. The van der Waals surface area contributed by atoms with E-state index in [1.165, 1.54) is 6.07 Å². The molecular weight excluding hydrogens is 321 g/mol. The lowest BCUT2D eigenvalue weighted by Crippen LogP contribution is -1.97. The zero-order valence-electron chi connectivity index (χ0n) is 10.3. The minimum absolute atomic E-state index is 0.0555. The van der Waals surface area contributed by atoms with Crippen LogP contribution >= 0.6 is 35.0 Å². The van der Waals surface area contributed by atoms with E-state index in [-0.39, 0.29) is 5.69 Å². The van der Waals surface area contributed by atoms with E-state index < -0.39 is 4.92 Å². The maximum Gasteiger partial charge on any atom is 0.301 e. The quantitative estimate of drug-likeness (QED) is 0.661. The normalized spacial score (nSPS) is 10.3. The van der Waals surface area contributed by atoms with Crippen LogP contribution in [0.25, 0.3) is 0 Å². The molecule has 0 aliphatic rings. The fraction of sp³-hybridized carbons (Fsp3) is 0.0833. The second kappa shape index (κ2) is 6.30. The lowest BCUT2D eigenvalue weighted by Gasteiger charge is -2.06. The molecule has 1 heterocycles. The van der Waals surface area contributed by atoms with Crippen LogP contribution in [-0.4, -0.2) is 17.0 Å². The number of benzene rings is 1. The van der Waals surface area contributed by atoms with Crippen molar-refractivity contribution in [2.45, 2.75) is 9.92 Å². The summed E-state index contributed by atoms with van der Waals surface area (Å²) in [6.07, 6.45) is 0. The van der Waals surface area contributed by atoms with E-state index in [0.29, 0.717) is 20.9 Å². The number of pyridine rings is 1. The van der Waals surface area contributed by atoms with E-state index in [2.05, 4.69) is 10.3 Å². The molecule has 1 aromatic heterocycles. The topological polar surface area (TPSA) is 68.1 Å². The number of nitro groups is 1. The number of aromatic nitrogens is 1. The van der Waals surface area contributed by atoms with E-state index in [4.69, 9.17) is 23.2 Å². The summed E-state index contributed by atoms with van der Waals surface area (Å²) in [5.41, 5.74) is -0.0555. The predicted octanol–water partition coefficient (Wildman–Crippen LogP) is 4.49. The van der Waals surface area contributed by atoms with Crippen LogP contribution in [0.3, 0.4) is 0 Å². The molecule has 0 aliphatic heterocycles. The van der Waals surface area contributed by atoms with Gasteiger partial charge in [0.25, 0.3) is 0 Å². The Morgan fingerprint density at radius 1 is 1.25 bits per heavy atom. The van der Waals surface area contributed by atoms with E-state index in [0.717, 1.165) is 16.7 Å². The maximum absolute atomic E-state index is 11.0. The standard InChI is InChI=1S/C12H9Cl2N3O2S/c1-15-11-5-4-10(17(18)19)12(16-11)20-7-2-3-8(13)9(14)6-7/h2-6H,1H3,(H,15,16). The highest BCUT2D eigenvalue weighted by molar-refractivity contribution is 7.99. The Morgan fingerprint density at radius 2 is 2.00 bits per heavy atom. The molecule has 0 atom stereocenters. The molecule has 0 fully saturated rings. The molecule has 2 aromatic rings. The van der Waals surface area contributed by atoms with Gasteiger partial charge in [-0.1, -0.05) is 35.0 Å². The van der Waals surface area contributed by atoms with Gasteiger partial charge in [-0.3, -0.25) is 10.1 Å². The van der Waals surface area contributed by atoms with Gasteiger partial charge in [0.15, 0.2) is 5.03 Å². The highest BCUT2D eigenvalue weighted by atomic mass is 35.5. The maximum atomic E-state index is 11.0. The summed E-state index contributed by atoms with van der Waals surface area (Å²) < 4.78 is 0. The minimum atomic E-state index is -0.466. The molecular formula is C12H9Cl2N3O2S. The second-order valence-electron chi connectivity index (χ2n) is 3.71. The Morgan fingerprint density at radius 3 is 2.60 bits per heavy atom. The third-order valence-corrected chi connectivity index (χ3v) is 4.12. The fourth-order valence-electron chi connectivity index (χ4n) is 1.44. The Kier molecular flexibility index (Phi) is 4.69. The molecule has 8 heteroatoms. The monoisotopic (exact) mass is 329 g/mol. The van der Waals surface area contributed by atoms with E-state index >= 15 is 0 Å². The molecule has 0 radical (unpaired) electrons. The van der Waals surface area contributed by atoms with E-state index in [1.54, 1.807) is 31.3 Å². The molecule has 1 aromatic carbocycles. The third kappa shape index (κ3) is 3.33. The molecule has 5 nitrogen and oxygen atoms in total. The molecule has 0 saturated carbocycles. The summed E-state index contributed by atoms with van der Waals surface area (Å²) in [5.74, 6) is 0.554. The molecule has 20 heavy (non-hydrogen) atoms. The lowest BCUT2D eigenvalue weighted by atomic mass is 10.4. The molecule has 104 valence electrons. The lowest BCUT2D eigenvalue weighted by molar-refractivity contribution is -0.388. The smallest absolute Gasteiger partial charge is 0.301 e. The minimum Gasteiger partial charge on any atom is -0.373 e. The largest absolute Gasteiger partial charge is 0.373 e. The van der Waals surface area contributed by atoms with Crippen LogP contribution in [0.15, 0.2) is 40.3 Å². The number of hydrogen-bond acceptors (Lipinski definition) is 5. The van der Waals surface area contributed by atoms with Crippen LogP contribution in [0.2, 0.25) is 10.0 Å². The van der Waals surface area contributed by atoms with Gasteiger partial charge in [0.2, 0.25) is 0 Å². The van der Waals surface area contributed by atoms with Crippen molar-refractivity contribution in [1.29, 1.82) is 0 Å². The highest BCUT2D eigenvalue weighted by Gasteiger charge is 2.17. The molecule has 0 amide bonds. The first-order valence-corrected chi connectivity index (χ1v) is 7.04. The van der Waals surface area contributed by atoms with Crippen molar-refractivity contribution in [3.05, 3.63) is 50.5 Å². The van der Waals surface area contributed by atoms with Crippen LogP contribution in [0, 0.1) is 10.1 Å². The molecule has 0 aliphatic carbocycles. The predicted molar refractivity (Wildman–Crippen MR) is 81.0 cm³/mol. The van der Waals surface area contributed by atoms with Crippen LogP contribution in [0.4, 0.5) is 11.5 Å². The summed E-state index contributed by atoms with van der Waals surface area (Å²) in [5, 5.41) is 15.0. The van der Waals surface area contributed by atoms with Gasteiger partial charge in [-0.25, -0.2) is 4.98 Å². The zero-order valence-corrected chi connectivity index (χ0v) is 12.6. The number of nitrogens with zero attached hydrogens (tertiary/aromatic N) is 2. The van der Waals surface area contributed by atoms with Gasteiger partial charge in [-0.05, 0) is 24.3 Å². The molecule has 1 N–H and O–H groups in total. The summed E-state index contributed by atoms with van der Waals surface area (Å²) >= 11 is 12.9. The SMILES string of the molecule is CNc1ccc([N+](=O)[O-])c(Sc2ccc(Cl)c(Cl)c2)n1. The second-order valence-corrected chi connectivity index (χ2v) is 5.58. The van der Waals surface area contributed by atoms with Crippen molar-refractivity contribution < 1.29 is 4.92 Å². The Bertz CT molecular complexity index is 667. The van der Waals surface area contributed by atoms with Crippen LogP contribution in [0.1, 0.15) is 0 Å². The van der Waals surface area contributed by atoms with Gasteiger partial charge in [0.05, 0.1) is 15.0 Å². The van der Waals surface area contributed by atoms with Crippen molar-refractivity contribution in [1.82, 2.24) is 4.98 Å². The fourth-order valence-corrected chi connectivity index (χ4v) is 2.73. The molecule has 0 spiro atoms. The van der Waals surface area contributed by atoms with Crippen molar-refractivity contribution in [2.24, 2.45) is 0 Å². The summed E-state index contributed by atoms with van der Waals surface area (Å²) in [4.78, 5) is 15.5. The van der Waals surface area contributed by atoms with Crippen LogP contribution in [0.5, 0.6) is 0 Å². The number of hydrogen-bond donors (Lipinski definition) is 1. The first kappa shape index (κ1) is 14.9. The van der Waals surface area contributed by atoms with E-state index in [9.17, 15) is 10.1 Å². The zero-order chi connectivity index (χ0) is 14.7. The number of rotatable bonds is 4. The summed E-state index contributed by atoms with van der Waals surface area (Å²) in [6.45, 7) is 0. The summed E-state index contributed by atoms with van der Waals surface area (Å²) in [6, 6.07) is 7.98. The van der Waals surface area contributed by atoms with Crippen LogP contribution < -0.4 is 5.32 Å². The Hall–Kier alpha value is -1.50. The van der Waals surface area contributed by atoms with Gasteiger partial charge < -0.3 is 5.32 Å². The average molecular weight is 330 g/mol. The Balaban J connectivity index is 2.40.